The second kappa shape index (κ2) is 5.98. The van der Waals surface area contributed by atoms with Crippen LogP contribution in [0.15, 0.2) is 30.3 Å². The fourth-order valence-electron chi connectivity index (χ4n) is 2.25. The lowest BCUT2D eigenvalue weighted by Gasteiger charge is -2.33. The Labute approximate surface area is 108 Å². The molecule has 1 aliphatic rings. The van der Waals surface area contributed by atoms with Crippen LogP contribution >= 0.6 is 0 Å². The lowest BCUT2D eigenvalue weighted by Crippen LogP contribution is -2.46. The topological polar surface area (TPSA) is 32.8 Å². The summed E-state index contributed by atoms with van der Waals surface area (Å²) in [4.78, 5) is 16.4. The van der Waals surface area contributed by atoms with Gasteiger partial charge in [0.1, 0.15) is 6.04 Å². The van der Waals surface area contributed by atoms with Crippen molar-refractivity contribution in [1.82, 2.24) is 9.80 Å². The largest absolute Gasteiger partial charge is 0.378 e. The molecule has 18 heavy (non-hydrogen) atoms. The molecule has 98 valence electrons. The molecule has 0 aliphatic carbocycles. The predicted molar refractivity (Wildman–Crippen MR) is 70.3 cm³/mol. The summed E-state index contributed by atoms with van der Waals surface area (Å²) in [7, 11) is 3.88. The van der Waals surface area contributed by atoms with Crippen LogP contribution in [-0.4, -0.2) is 56.1 Å². The third-order valence-corrected chi connectivity index (χ3v) is 3.19. The number of ether oxygens (including phenoxy) is 1. The molecule has 1 aromatic carbocycles. The number of hydrogen-bond acceptors (Lipinski definition) is 3. The number of carbonyl (C=O) groups excluding carboxylic acids is 1. The van der Waals surface area contributed by atoms with E-state index >= 15 is 0 Å². The van der Waals surface area contributed by atoms with Gasteiger partial charge in [-0.25, -0.2) is 0 Å². The minimum Gasteiger partial charge on any atom is -0.378 e. The number of hydrogen-bond donors (Lipinski definition) is 0. The van der Waals surface area contributed by atoms with E-state index in [-0.39, 0.29) is 11.9 Å². The van der Waals surface area contributed by atoms with Crippen LogP contribution in [0.5, 0.6) is 0 Å². The Morgan fingerprint density at radius 3 is 2.39 bits per heavy atom. The quantitative estimate of drug-likeness (QED) is 0.804. The molecular formula is C14H20N2O2. The fourth-order valence-corrected chi connectivity index (χ4v) is 2.25. The fraction of sp³-hybridized carbons (Fsp3) is 0.500. The van der Waals surface area contributed by atoms with Crippen LogP contribution in [0.2, 0.25) is 0 Å². The van der Waals surface area contributed by atoms with Gasteiger partial charge in [-0.2, -0.15) is 0 Å². The van der Waals surface area contributed by atoms with Gasteiger partial charge in [-0.1, -0.05) is 30.3 Å². The van der Waals surface area contributed by atoms with E-state index in [4.69, 9.17) is 4.74 Å². The molecular weight excluding hydrogens is 228 g/mol. The molecule has 1 aliphatic heterocycles. The minimum atomic E-state index is -0.204. The number of benzene rings is 1. The second-order valence-electron chi connectivity index (χ2n) is 4.71. The molecule has 0 bridgehead atoms. The average Bonchev–Trinajstić information content (AvgIpc) is 2.40. The van der Waals surface area contributed by atoms with Crippen molar-refractivity contribution in [2.24, 2.45) is 0 Å². The predicted octanol–water partition coefficient (Wildman–Crippen LogP) is 1.15. The van der Waals surface area contributed by atoms with Gasteiger partial charge in [-0.3, -0.25) is 9.69 Å². The van der Waals surface area contributed by atoms with Gasteiger partial charge >= 0.3 is 0 Å². The third-order valence-electron chi connectivity index (χ3n) is 3.19. The Morgan fingerprint density at radius 2 is 1.83 bits per heavy atom. The molecule has 1 atom stereocenters. The highest BCUT2D eigenvalue weighted by molar-refractivity contribution is 5.83. The summed E-state index contributed by atoms with van der Waals surface area (Å²) in [6, 6.07) is 9.71. The van der Waals surface area contributed by atoms with E-state index in [9.17, 15) is 4.79 Å². The van der Waals surface area contributed by atoms with Crippen molar-refractivity contribution < 1.29 is 9.53 Å². The van der Waals surface area contributed by atoms with Gasteiger partial charge in [-0.15, -0.1) is 0 Å². The standard InChI is InChI=1S/C14H20N2O2/c1-15(2)13(12-6-4-3-5-7-12)14(17)16-8-10-18-11-9-16/h3-7,13H,8-11H2,1-2H3. The molecule has 0 saturated carbocycles. The zero-order chi connectivity index (χ0) is 13.0. The maximum atomic E-state index is 12.6. The minimum absolute atomic E-state index is 0.162. The Hall–Kier alpha value is -1.39. The van der Waals surface area contributed by atoms with E-state index in [0.29, 0.717) is 26.3 Å². The Bertz CT molecular complexity index is 386. The summed E-state index contributed by atoms with van der Waals surface area (Å²) in [6.07, 6.45) is 0. The van der Waals surface area contributed by atoms with Gasteiger partial charge < -0.3 is 9.64 Å². The molecule has 4 heteroatoms. The number of carbonyl (C=O) groups is 1. The number of morpholine rings is 1. The van der Waals surface area contributed by atoms with E-state index in [1.807, 2.05) is 54.2 Å². The van der Waals surface area contributed by atoms with E-state index in [0.717, 1.165) is 5.56 Å². The van der Waals surface area contributed by atoms with Crippen LogP contribution in [-0.2, 0) is 9.53 Å². The van der Waals surface area contributed by atoms with Crippen LogP contribution in [0, 0.1) is 0 Å². The lowest BCUT2D eigenvalue weighted by molar-refractivity contribution is -0.140. The first-order valence-corrected chi connectivity index (χ1v) is 6.28. The monoisotopic (exact) mass is 248 g/mol. The molecule has 0 spiro atoms. The highest BCUT2D eigenvalue weighted by atomic mass is 16.5. The van der Waals surface area contributed by atoms with Crippen molar-refractivity contribution in [3.63, 3.8) is 0 Å². The van der Waals surface area contributed by atoms with Gasteiger partial charge in [0.15, 0.2) is 0 Å². The van der Waals surface area contributed by atoms with Crippen LogP contribution in [0.1, 0.15) is 11.6 Å². The zero-order valence-corrected chi connectivity index (χ0v) is 11.0. The van der Waals surface area contributed by atoms with E-state index in [1.165, 1.54) is 0 Å². The molecule has 1 unspecified atom stereocenters. The van der Waals surface area contributed by atoms with Gasteiger partial charge in [-0.05, 0) is 19.7 Å². The van der Waals surface area contributed by atoms with Gasteiger partial charge in [0, 0.05) is 13.1 Å². The highest BCUT2D eigenvalue weighted by Gasteiger charge is 2.28. The number of likely N-dealkylation sites (N-methyl/N-ethyl adjacent to an activating group) is 1. The van der Waals surface area contributed by atoms with Gasteiger partial charge in [0.25, 0.3) is 0 Å². The third kappa shape index (κ3) is 2.89. The van der Waals surface area contributed by atoms with Crippen LogP contribution in [0.3, 0.4) is 0 Å². The van der Waals surface area contributed by atoms with Crippen molar-refractivity contribution in [2.75, 3.05) is 40.4 Å². The average molecular weight is 248 g/mol. The molecule has 1 heterocycles. The molecule has 4 nitrogen and oxygen atoms in total. The SMILES string of the molecule is CN(C)C(C(=O)N1CCOCC1)c1ccccc1. The van der Waals surface area contributed by atoms with Crippen LogP contribution < -0.4 is 0 Å². The molecule has 2 rings (SSSR count). The molecule has 0 N–H and O–H groups in total. The zero-order valence-electron chi connectivity index (χ0n) is 11.0. The van der Waals surface area contributed by atoms with Crippen LogP contribution in [0.4, 0.5) is 0 Å². The maximum absolute atomic E-state index is 12.6. The van der Waals surface area contributed by atoms with E-state index in [1.54, 1.807) is 0 Å². The first kappa shape index (κ1) is 13.1. The van der Waals surface area contributed by atoms with Crippen molar-refractivity contribution >= 4 is 5.91 Å². The van der Waals surface area contributed by atoms with Crippen molar-refractivity contribution in [3.05, 3.63) is 35.9 Å². The summed E-state index contributed by atoms with van der Waals surface area (Å²) in [6.45, 7) is 2.66. The molecule has 1 saturated heterocycles. The summed E-state index contributed by atoms with van der Waals surface area (Å²) < 4.78 is 5.29. The number of rotatable bonds is 3. The smallest absolute Gasteiger partial charge is 0.244 e. The highest BCUT2D eigenvalue weighted by Crippen LogP contribution is 2.21. The summed E-state index contributed by atoms with van der Waals surface area (Å²) in [5, 5.41) is 0. The summed E-state index contributed by atoms with van der Waals surface area (Å²) in [5.74, 6) is 0.162. The normalized spacial score (nSPS) is 17.8. The number of amides is 1. The molecule has 0 aromatic heterocycles. The maximum Gasteiger partial charge on any atom is 0.244 e. The van der Waals surface area contributed by atoms with Crippen molar-refractivity contribution in [3.8, 4) is 0 Å². The molecule has 1 fully saturated rings. The van der Waals surface area contributed by atoms with E-state index in [2.05, 4.69) is 0 Å². The Morgan fingerprint density at radius 1 is 1.22 bits per heavy atom. The summed E-state index contributed by atoms with van der Waals surface area (Å²) >= 11 is 0. The first-order valence-electron chi connectivity index (χ1n) is 6.28. The van der Waals surface area contributed by atoms with Crippen molar-refractivity contribution in [2.45, 2.75) is 6.04 Å². The molecule has 1 amide bonds. The lowest BCUT2D eigenvalue weighted by atomic mass is 10.0. The Balaban J connectivity index is 2.17. The number of nitrogens with zero attached hydrogens (tertiary/aromatic N) is 2. The Kier molecular flexibility index (Phi) is 4.33. The first-order chi connectivity index (χ1) is 8.70. The molecule has 0 radical (unpaired) electrons. The molecule has 1 aromatic rings. The van der Waals surface area contributed by atoms with Crippen molar-refractivity contribution in [1.29, 1.82) is 0 Å². The van der Waals surface area contributed by atoms with Crippen LogP contribution in [0.25, 0.3) is 0 Å². The van der Waals surface area contributed by atoms with Gasteiger partial charge in [0.2, 0.25) is 5.91 Å². The van der Waals surface area contributed by atoms with E-state index < -0.39 is 0 Å². The summed E-state index contributed by atoms with van der Waals surface area (Å²) in [5.41, 5.74) is 1.04. The van der Waals surface area contributed by atoms with Gasteiger partial charge in [0.05, 0.1) is 13.2 Å². The second-order valence-corrected chi connectivity index (χ2v) is 4.71.